The first-order valence-electron chi connectivity index (χ1n) is 7.16. The number of carbonyl (C=O) groups is 1. The van der Waals surface area contributed by atoms with Gasteiger partial charge in [0.25, 0.3) is 0 Å². The molecule has 0 aliphatic carbocycles. The predicted molar refractivity (Wildman–Crippen MR) is 84.3 cm³/mol. The number of para-hydroxylation sites is 1. The highest BCUT2D eigenvalue weighted by Crippen LogP contribution is 2.18. The van der Waals surface area contributed by atoms with Crippen molar-refractivity contribution in [2.24, 2.45) is 0 Å². The molecule has 0 spiro atoms. The van der Waals surface area contributed by atoms with Crippen molar-refractivity contribution in [3.63, 3.8) is 0 Å². The molecule has 0 fully saturated rings. The minimum absolute atomic E-state index is 0.133. The fraction of sp³-hybridized carbons (Fsp3) is 0. The summed E-state index contributed by atoms with van der Waals surface area (Å²) in [5.41, 5.74) is 1.97. The molecule has 4 rings (SSSR count). The molecule has 0 N–H and O–H groups in total. The fourth-order valence-corrected chi connectivity index (χ4v) is 2.40. The second-order valence-corrected chi connectivity index (χ2v) is 5.07. The highest BCUT2D eigenvalue weighted by molar-refractivity contribution is 6.13. The second kappa shape index (κ2) is 5.62. The van der Waals surface area contributed by atoms with Crippen LogP contribution in [0.15, 0.2) is 60.9 Å². The maximum atomic E-state index is 13.0. The molecular formula is C17H10FN5O. The van der Waals surface area contributed by atoms with Crippen LogP contribution in [-0.2, 0) is 0 Å². The Morgan fingerprint density at radius 3 is 2.46 bits per heavy atom. The number of nitrogens with zero attached hydrogens (tertiary/aromatic N) is 5. The summed E-state index contributed by atoms with van der Waals surface area (Å²) in [6, 6.07) is 14.6. The third-order valence-electron chi connectivity index (χ3n) is 3.56. The Labute approximate surface area is 135 Å². The van der Waals surface area contributed by atoms with Crippen LogP contribution in [0.1, 0.15) is 16.1 Å². The minimum atomic E-state index is -0.408. The van der Waals surface area contributed by atoms with Crippen molar-refractivity contribution in [2.75, 3.05) is 0 Å². The van der Waals surface area contributed by atoms with Crippen molar-refractivity contribution in [3.05, 3.63) is 78.0 Å². The van der Waals surface area contributed by atoms with Crippen LogP contribution < -0.4 is 0 Å². The zero-order chi connectivity index (χ0) is 16.5. The van der Waals surface area contributed by atoms with E-state index in [1.54, 1.807) is 4.68 Å². The summed E-state index contributed by atoms with van der Waals surface area (Å²) in [6.07, 6.45) is 1.29. The van der Waals surface area contributed by atoms with E-state index < -0.39 is 5.82 Å². The van der Waals surface area contributed by atoms with Crippen molar-refractivity contribution in [2.45, 2.75) is 0 Å². The van der Waals surface area contributed by atoms with Crippen molar-refractivity contribution in [3.8, 4) is 5.69 Å². The first kappa shape index (κ1) is 14.1. The number of ketones is 1. The van der Waals surface area contributed by atoms with Crippen molar-refractivity contribution >= 4 is 16.9 Å². The Morgan fingerprint density at radius 2 is 1.71 bits per heavy atom. The average molecular weight is 319 g/mol. The van der Waals surface area contributed by atoms with E-state index in [0.717, 1.165) is 5.69 Å². The van der Waals surface area contributed by atoms with Crippen LogP contribution in [0.5, 0.6) is 0 Å². The highest BCUT2D eigenvalue weighted by atomic mass is 19.1. The average Bonchev–Trinajstić information content (AvgIpc) is 3.06. The lowest BCUT2D eigenvalue weighted by Gasteiger charge is -2.02. The quantitative estimate of drug-likeness (QED) is 0.543. The van der Waals surface area contributed by atoms with Gasteiger partial charge in [0.15, 0.2) is 11.2 Å². The molecule has 0 amide bonds. The zero-order valence-electron chi connectivity index (χ0n) is 12.3. The number of benzene rings is 2. The molecule has 0 radical (unpaired) electrons. The minimum Gasteiger partial charge on any atom is -0.287 e. The third-order valence-corrected chi connectivity index (χ3v) is 3.56. The summed E-state index contributed by atoms with van der Waals surface area (Å²) in [5.74, 6) is -0.767. The van der Waals surface area contributed by atoms with Gasteiger partial charge in [0.05, 0.1) is 5.69 Å². The molecule has 116 valence electrons. The van der Waals surface area contributed by atoms with Crippen LogP contribution in [0.3, 0.4) is 0 Å². The second-order valence-electron chi connectivity index (χ2n) is 5.07. The highest BCUT2D eigenvalue weighted by Gasteiger charge is 2.19. The van der Waals surface area contributed by atoms with Gasteiger partial charge >= 0.3 is 0 Å². The molecule has 7 heteroatoms. The number of aromatic nitrogens is 5. The summed E-state index contributed by atoms with van der Waals surface area (Å²) in [5, 5.41) is 8.12. The molecule has 0 aliphatic rings. The molecular weight excluding hydrogens is 309 g/mol. The van der Waals surface area contributed by atoms with E-state index in [4.69, 9.17) is 0 Å². The van der Waals surface area contributed by atoms with Gasteiger partial charge < -0.3 is 0 Å². The normalized spacial score (nSPS) is 10.9. The van der Waals surface area contributed by atoms with Crippen molar-refractivity contribution in [1.82, 2.24) is 25.0 Å². The van der Waals surface area contributed by atoms with Gasteiger partial charge in [0, 0.05) is 5.56 Å². The molecule has 6 nitrogen and oxygen atoms in total. The standard InChI is InChI=1S/C17H10FN5O/c18-12-8-6-11(7-9-12)16(24)14-15-17(20-10-19-14)23(22-21-15)13-4-2-1-3-5-13/h1-10H. The SMILES string of the molecule is O=C(c1ccc(F)cc1)c1ncnc2c1nnn2-c1ccccc1. The van der Waals surface area contributed by atoms with Gasteiger partial charge in [0.1, 0.15) is 17.8 Å². The number of carbonyl (C=O) groups excluding carboxylic acids is 1. The molecule has 0 bridgehead atoms. The van der Waals surface area contributed by atoms with Crippen LogP contribution in [-0.4, -0.2) is 30.7 Å². The van der Waals surface area contributed by atoms with E-state index in [1.807, 2.05) is 30.3 Å². The Bertz CT molecular complexity index is 1030. The Balaban J connectivity index is 1.84. The zero-order valence-corrected chi connectivity index (χ0v) is 12.3. The van der Waals surface area contributed by atoms with Gasteiger partial charge in [-0.25, -0.2) is 14.4 Å². The molecule has 2 aromatic heterocycles. The summed E-state index contributed by atoms with van der Waals surface area (Å²) < 4.78 is 14.6. The lowest BCUT2D eigenvalue weighted by molar-refractivity contribution is 0.103. The van der Waals surface area contributed by atoms with E-state index in [1.165, 1.54) is 30.6 Å². The van der Waals surface area contributed by atoms with Crippen LogP contribution in [0.2, 0.25) is 0 Å². The van der Waals surface area contributed by atoms with E-state index >= 15 is 0 Å². The number of hydrogen-bond donors (Lipinski definition) is 0. The van der Waals surface area contributed by atoms with Crippen LogP contribution in [0.25, 0.3) is 16.9 Å². The number of rotatable bonds is 3. The van der Waals surface area contributed by atoms with E-state index in [9.17, 15) is 9.18 Å². The molecule has 0 saturated carbocycles. The predicted octanol–water partition coefficient (Wildman–Crippen LogP) is 2.58. The Hall–Kier alpha value is -3.48. The summed E-state index contributed by atoms with van der Waals surface area (Å²) in [6.45, 7) is 0. The lowest BCUT2D eigenvalue weighted by atomic mass is 10.1. The topological polar surface area (TPSA) is 73.6 Å². The summed E-state index contributed by atoms with van der Waals surface area (Å²) in [4.78, 5) is 20.9. The molecule has 4 aromatic rings. The molecule has 0 unspecified atom stereocenters. The summed E-state index contributed by atoms with van der Waals surface area (Å²) in [7, 11) is 0. The van der Waals surface area contributed by atoms with Gasteiger partial charge in [-0.2, -0.15) is 4.68 Å². The monoisotopic (exact) mass is 319 g/mol. The molecule has 0 saturated heterocycles. The third kappa shape index (κ3) is 2.32. The lowest BCUT2D eigenvalue weighted by Crippen LogP contribution is -2.06. The van der Waals surface area contributed by atoms with Crippen LogP contribution >= 0.6 is 0 Å². The first-order chi connectivity index (χ1) is 11.7. The first-order valence-corrected chi connectivity index (χ1v) is 7.16. The van der Waals surface area contributed by atoms with Gasteiger partial charge in [-0.3, -0.25) is 4.79 Å². The van der Waals surface area contributed by atoms with Crippen molar-refractivity contribution in [1.29, 1.82) is 0 Å². The largest absolute Gasteiger partial charge is 0.287 e. The molecule has 2 heterocycles. The van der Waals surface area contributed by atoms with E-state index in [0.29, 0.717) is 16.7 Å². The smallest absolute Gasteiger partial charge is 0.213 e. The maximum Gasteiger partial charge on any atom is 0.213 e. The molecule has 24 heavy (non-hydrogen) atoms. The van der Waals surface area contributed by atoms with Gasteiger partial charge in [0.2, 0.25) is 5.78 Å². The fourth-order valence-electron chi connectivity index (χ4n) is 2.40. The van der Waals surface area contributed by atoms with E-state index in [-0.39, 0.29) is 11.5 Å². The Morgan fingerprint density at radius 1 is 0.958 bits per heavy atom. The maximum absolute atomic E-state index is 13.0. The molecule has 2 aromatic carbocycles. The number of halogens is 1. The van der Waals surface area contributed by atoms with E-state index in [2.05, 4.69) is 20.3 Å². The van der Waals surface area contributed by atoms with Crippen LogP contribution in [0.4, 0.5) is 4.39 Å². The van der Waals surface area contributed by atoms with Gasteiger partial charge in [-0.05, 0) is 36.4 Å². The van der Waals surface area contributed by atoms with Crippen molar-refractivity contribution < 1.29 is 9.18 Å². The van der Waals surface area contributed by atoms with Gasteiger partial charge in [-0.15, -0.1) is 5.10 Å². The summed E-state index contributed by atoms with van der Waals surface area (Å²) >= 11 is 0. The van der Waals surface area contributed by atoms with Gasteiger partial charge in [-0.1, -0.05) is 23.4 Å². The number of fused-ring (bicyclic) bond motifs is 1. The Kier molecular flexibility index (Phi) is 3.31. The molecule has 0 aliphatic heterocycles. The van der Waals surface area contributed by atoms with Crippen LogP contribution in [0, 0.1) is 5.82 Å². The molecule has 0 atom stereocenters. The number of hydrogen-bond acceptors (Lipinski definition) is 5.